The van der Waals surface area contributed by atoms with E-state index in [-0.39, 0.29) is 5.03 Å². The first-order valence-electron chi connectivity index (χ1n) is 7.05. The van der Waals surface area contributed by atoms with Crippen molar-refractivity contribution in [2.75, 3.05) is 13.7 Å². The van der Waals surface area contributed by atoms with Crippen molar-refractivity contribution in [2.45, 2.75) is 50.7 Å². The summed E-state index contributed by atoms with van der Waals surface area (Å²) < 4.78 is 33.2. The number of piperidine rings is 1. The second kappa shape index (κ2) is 6.15. The largest absolute Gasteiger partial charge is 0.468 e. The highest BCUT2D eigenvalue weighted by atomic mass is 32.2. The molecule has 1 saturated heterocycles. The maximum absolute atomic E-state index is 12.7. The summed E-state index contributed by atoms with van der Waals surface area (Å²) in [7, 11) is -2.50. The Morgan fingerprint density at radius 1 is 1.48 bits per heavy atom. The number of rotatable bonds is 4. The van der Waals surface area contributed by atoms with Crippen LogP contribution in [0, 0.1) is 6.92 Å². The van der Waals surface area contributed by atoms with Gasteiger partial charge < -0.3 is 9.30 Å². The Hall–Kier alpha value is -1.41. The van der Waals surface area contributed by atoms with Crippen LogP contribution in [-0.2, 0) is 26.1 Å². The number of methoxy groups -OCH3 is 1. The van der Waals surface area contributed by atoms with Crippen LogP contribution in [-0.4, -0.2) is 47.9 Å². The minimum Gasteiger partial charge on any atom is -0.468 e. The van der Waals surface area contributed by atoms with Gasteiger partial charge in [-0.1, -0.05) is 0 Å². The lowest BCUT2D eigenvalue weighted by Gasteiger charge is -2.31. The first-order chi connectivity index (χ1) is 9.91. The Bertz CT molecular complexity index is 623. The van der Waals surface area contributed by atoms with E-state index in [9.17, 15) is 13.2 Å². The van der Waals surface area contributed by atoms with Crippen LogP contribution < -0.4 is 0 Å². The first-order valence-corrected chi connectivity index (χ1v) is 8.49. The zero-order chi connectivity index (χ0) is 15.6. The SMILES string of the molecule is CCn1cc(S(=O)(=O)N2CCCCC2C(=O)OC)nc1C. The van der Waals surface area contributed by atoms with Gasteiger partial charge >= 0.3 is 5.97 Å². The first kappa shape index (κ1) is 16.0. The van der Waals surface area contributed by atoms with Crippen molar-refractivity contribution >= 4 is 16.0 Å². The van der Waals surface area contributed by atoms with Crippen molar-refractivity contribution in [3.8, 4) is 0 Å². The molecule has 7 nitrogen and oxygen atoms in total. The van der Waals surface area contributed by atoms with Crippen LogP contribution in [0.3, 0.4) is 0 Å². The number of carbonyl (C=O) groups excluding carboxylic acids is 1. The van der Waals surface area contributed by atoms with Crippen molar-refractivity contribution in [1.82, 2.24) is 13.9 Å². The minimum absolute atomic E-state index is 0.00217. The summed E-state index contributed by atoms with van der Waals surface area (Å²) in [5, 5.41) is -0.00217. The predicted octanol–water partition coefficient (Wildman–Crippen LogP) is 0.928. The van der Waals surface area contributed by atoms with Crippen molar-refractivity contribution in [2.24, 2.45) is 0 Å². The number of aromatic nitrogens is 2. The van der Waals surface area contributed by atoms with E-state index < -0.39 is 22.0 Å². The third-order valence-corrected chi connectivity index (χ3v) is 5.57. The molecule has 0 radical (unpaired) electrons. The topological polar surface area (TPSA) is 81.5 Å². The van der Waals surface area contributed by atoms with Crippen LogP contribution in [0.25, 0.3) is 0 Å². The average Bonchev–Trinajstić information content (AvgIpc) is 2.88. The fourth-order valence-corrected chi connectivity index (χ4v) is 4.25. The van der Waals surface area contributed by atoms with Gasteiger partial charge in [-0.25, -0.2) is 13.4 Å². The molecule has 0 aromatic carbocycles. The minimum atomic E-state index is -3.78. The number of ether oxygens (including phenoxy) is 1. The molecule has 0 aliphatic carbocycles. The zero-order valence-corrected chi connectivity index (χ0v) is 13.4. The van der Waals surface area contributed by atoms with E-state index in [0.717, 1.165) is 12.8 Å². The van der Waals surface area contributed by atoms with Gasteiger partial charge in [-0.3, -0.25) is 4.79 Å². The van der Waals surface area contributed by atoms with Crippen LogP contribution >= 0.6 is 0 Å². The molecule has 0 saturated carbocycles. The van der Waals surface area contributed by atoms with Crippen molar-refractivity contribution in [3.05, 3.63) is 12.0 Å². The normalized spacial score (nSPS) is 20.4. The summed E-state index contributed by atoms with van der Waals surface area (Å²) in [4.78, 5) is 16.0. The second-order valence-corrected chi connectivity index (χ2v) is 6.90. The van der Waals surface area contributed by atoms with E-state index in [1.54, 1.807) is 11.5 Å². The van der Waals surface area contributed by atoms with Gasteiger partial charge in [0.1, 0.15) is 11.9 Å². The van der Waals surface area contributed by atoms with Gasteiger partial charge in [0.2, 0.25) is 0 Å². The third-order valence-electron chi connectivity index (χ3n) is 3.79. The molecule has 0 amide bonds. The molecule has 118 valence electrons. The van der Waals surface area contributed by atoms with Crippen molar-refractivity contribution in [3.63, 3.8) is 0 Å². The molecule has 8 heteroatoms. The van der Waals surface area contributed by atoms with Gasteiger partial charge in [0, 0.05) is 19.3 Å². The lowest BCUT2D eigenvalue weighted by Crippen LogP contribution is -2.48. The molecule has 1 fully saturated rings. The molecular formula is C13H21N3O4S. The molecule has 0 spiro atoms. The summed E-state index contributed by atoms with van der Waals surface area (Å²) in [5.74, 6) is 0.132. The highest BCUT2D eigenvalue weighted by molar-refractivity contribution is 7.89. The second-order valence-electron chi connectivity index (χ2n) is 5.06. The molecule has 1 aliphatic rings. The molecule has 1 aromatic rings. The standard InChI is InChI=1S/C13H21N3O4S/c1-4-15-9-12(14-10(15)2)21(18,19)16-8-6-5-7-11(16)13(17)20-3/h9,11H,4-8H2,1-3H3. The number of esters is 1. The number of sulfonamides is 1. The summed E-state index contributed by atoms with van der Waals surface area (Å²) in [6.45, 7) is 4.65. The summed E-state index contributed by atoms with van der Waals surface area (Å²) in [5.41, 5.74) is 0. The number of hydrogen-bond donors (Lipinski definition) is 0. The highest BCUT2D eigenvalue weighted by Crippen LogP contribution is 2.25. The van der Waals surface area contributed by atoms with E-state index >= 15 is 0 Å². The van der Waals surface area contributed by atoms with Gasteiger partial charge in [0.15, 0.2) is 5.03 Å². The molecule has 1 aliphatic heterocycles. The molecule has 0 bridgehead atoms. The maximum Gasteiger partial charge on any atom is 0.324 e. The van der Waals surface area contributed by atoms with E-state index in [4.69, 9.17) is 4.74 Å². The van der Waals surface area contributed by atoms with E-state index in [1.807, 2.05) is 6.92 Å². The Morgan fingerprint density at radius 2 is 2.19 bits per heavy atom. The molecule has 21 heavy (non-hydrogen) atoms. The lowest BCUT2D eigenvalue weighted by atomic mass is 10.1. The van der Waals surface area contributed by atoms with Crippen LogP contribution in [0.15, 0.2) is 11.2 Å². The summed E-state index contributed by atoms with van der Waals surface area (Å²) >= 11 is 0. The van der Waals surface area contributed by atoms with Gasteiger partial charge in [-0.05, 0) is 33.1 Å². The van der Waals surface area contributed by atoms with Crippen LogP contribution in [0.1, 0.15) is 32.0 Å². The number of carbonyl (C=O) groups is 1. The van der Waals surface area contributed by atoms with Gasteiger partial charge in [0.25, 0.3) is 10.0 Å². The van der Waals surface area contributed by atoms with Crippen LogP contribution in [0.2, 0.25) is 0 Å². The quantitative estimate of drug-likeness (QED) is 0.772. The predicted molar refractivity (Wildman–Crippen MR) is 76.2 cm³/mol. The molecule has 2 heterocycles. The zero-order valence-electron chi connectivity index (χ0n) is 12.6. The number of aryl methyl sites for hydroxylation is 2. The lowest BCUT2D eigenvalue weighted by molar-refractivity contribution is -0.146. The van der Waals surface area contributed by atoms with Gasteiger partial charge in [-0.15, -0.1) is 0 Å². The van der Waals surface area contributed by atoms with E-state index in [0.29, 0.717) is 25.3 Å². The van der Waals surface area contributed by atoms with Crippen LogP contribution in [0.5, 0.6) is 0 Å². The Balaban J connectivity index is 2.37. The maximum atomic E-state index is 12.7. The Morgan fingerprint density at radius 3 is 2.76 bits per heavy atom. The van der Waals surface area contributed by atoms with Crippen molar-refractivity contribution < 1.29 is 17.9 Å². The summed E-state index contributed by atoms with van der Waals surface area (Å²) in [6, 6.07) is -0.749. The molecule has 2 rings (SSSR count). The molecule has 1 unspecified atom stereocenters. The monoisotopic (exact) mass is 315 g/mol. The number of hydrogen-bond acceptors (Lipinski definition) is 5. The van der Waals surface area contributed by atoms with Gasteiger partial charge in [0.05, 0.1) is 7.11 Å². The number of nitrogens with zero attached hydrogens (tertiary/aromatic N) is 3. The fourth-order valence-electron chi connectivity index (χ4n) is 2.61. The van der Waals surface area contributed by atoms with E-state index in [2.05, 4.69) is 4.98 Å². The Labute approximate surface area is 125 Å². The number of imidazole rings is 1. The smallest absolute Gasteiger partial charge is 0.324 e. The highest BCUT2D eigenvalue weighted by Gasteiger charge is 2.39. The molecule has 1 aromatic heterocycles. The fraction of sp³-hybridized carbons (Fsp3) is 0.692. The Kier molecular flexibility index (Phi) is 4.67. The van der Waals surface area contributed by atoms with E-state index in [1.165, 1.54) is 17.6 Å². The molecular weight excluding hydrogens is 294 g/mol. The van der Waals surface area contributed by atoms with Crippen LogP contribution in [0.4, 0.5) is 0 Å². The third kappa shape index (κ3) is 2.96. The van der Waals surface area contributed by atoms with Crippen molar-refractivity contribution in [1.29, 1.82) is 0 Å². The average molecular weight is 315 g/mol. The van der Waals surface area contributed by atoms with Gasteiger partial charge in [-0.2, -0.15) is 4.31 Å². The summed E-state index contributed by atoms with van der Waals surface area (Å²) in [6.07, 6.45) is 3.56. The molecule has 0 N–H and O–H groups in total. The molecule has 1 atom stereocenters.